The fraction of sp³-hybridized carbons (Fsp3) is 0.588. The van der Waals surface area contributed by atoms with Crippen molar-refractivity contribution in [1.82, 2.24) is 0 Å². The Labute approximate surface area is 120 Å². The Morgan fingerprint density at radius 1 is 1.15 bits per heavy atom. The van der Waals surface area contributed by atoms with Crippen molar-refractivity contribution in [3.05, 3.63) is 23.8 Å². The van der Waals surface area contributed by atoms with Gasteiger partial charge in [0.25, 0.3) is 0 Å². The van der Waals surface area contributed by atoms with Gasteiger partial charge in [0.1, 0.15) is 6.04 Å². The average Bonchev–Trinajstić information content (AvgIpc) is 2.47. The summed E-state index contributed by atoms with van der Waals surface area (Å²) in [6.07, 6.45) is 7.51. The van der Waals surface area contributed by atoms with Crippen molar-refractivity contribution >= 4 is 17.3 Å². The van der Waals surface area contributed by atoms with Gasteiger partial charge in [0.05, 0.1) is 11.4 Å². The monoisotopic (exact) mass is 270 g/mol. The molecule has 1 N–H and O–H groups in total. The van der Waals surface area contributed by atoms with Crippen molar-refractivity contribution in [2.24, 2.45) is 5.92 Å². The second-order valence-electron chi connectivity index (χ2n) is 6.57. The van der Waals surface area contributed by atoms with Crippen molar-refractivity contribution in [3.8, 4) is 0 Å². The molecule has 0 spiro atoms. The van der Waals surface area contributed by atoms with Gasteiger partial charge in [0, 0.05) is 6.04 Å². The molecule has 3 heteroatoms. The lowest BCUT2D eigenvalue weighted by atomic mass is 9.75. The minimum atomic E-state index is 0.0583. The fourth-order valence-electron chi connectivity index (χ4n) is 4.53. The zero-order valence-electron chi connectivity index (χ0n) is 12.1. The highest BCUT2D eigenvalue weighted by atomic mass is 16.2. The van der Waals surface area contributed by atoms with Gasteiger partial charge in [0.15, 0.2) is 0 Å². The zero-order chi connectivity index (χ0) is 13.7. The second-order valence-corrected chi connectivity index (χ2v) is 6.57. The molecular formula is C17H22N2O. The molecule has 1 saturated carbocycles. The molecule has 1 aliphatic carbocycles. The van der Waals surface area contributed by atoms with Crippen LogP contribution in [0.2, 0.25) is 0 Å². The molecule has 1 saturated heterocycles. The number of aryl methyl sites for hydroxylation is 1. The van der Waals surface area contributed by atoms with Gasteiger partial charge in [0.2, 0.25) is 5.91 Å². The molecule has 0 aromatic heterocycles. The number of carbonyl (C=O) groups excluding carboxylic acids is 1. The van der Waals surface area contributed by atoms with Crippen LogP contribution >= 0.6 is 0 Å². The number of anilines is 2. The topological polar surface area (TPSA) is 32.3 Å². The van der Waals surface area contributed by atoms with E-state index >= 15 is 0 Å². The standard InChI is InChI=1S/C17H22N2O/c1-11-5-4-7-13-16(11)19-14-8-3-2-6-12(14)9-10-15(19)17(20)18-13/h4-5,7,12,14-15H,2-3,6,8-10H2,1H3,(H,18,20). The van der Waals surface area contributed by atoms with E-state index in [1.54, 1.807) is 0 Å². The Balaban J connectivity index is 1.83. The number of piperidine rings is 1. The third kappa shape index (κ3) is 1.68. The van der Waals surface area contributed by atoms with Crippen LogP contribution in [-0.4, -0.2) is 18.0 Å². The quantitative estimate of drug-likeness (QED) is 0.783. The molecule has 20 heavy (non-hydrogen) atoms. The maximum Gasteiger partial charge on any atom is 0.247 e. The highest BCUT2D eigenvalue weighted by Gasteiger charge is 2.44. The highest BCUT2D eigenvalue weighted by Crippen LogP contribution is 2.46. The molecule has 2 fully saturated rings. The summed E-state index contributed by atoms with van der Waals surface area (Å²) in [4.78, 5) is 14.9. The van der Waals surface area contributed by atoms with Crippen LogP contribution in [0.5, 0.6) is 0 Å². The summed E-state index contributed by atoms with van der Waals surface area (Å²) in [7, 11) is 0. The molecule has 4 rings (SSSR count). The van der Waals surface area contributed by atoms with Crippen molar-refractivity contribution in [1.29, 1.82) is 0 Å². The lowest BCUT2D eigenvalue weighted by Gasteiger charge is -2.52. The molecule has 0 bridgehead atoms. The van der Waals surface area contributed by atoms with E-state index in [9.17, 15) is 4.79 Å². The lowest BCUT2D eigenvalue weighted by molar-refractivity contribution is -0.118. The van der Waals surface area contributed by atoms with Gasteiger partial charge in [-0.15, -0.1) is 0 Å². The molecule has 2 aliphatic heterocycles. The summed E-state index contributed by atoms with van der Waals surface area (Å²) < 4.78 is 0. The average molecular weight is 270 g/mol. The minimum absolute atomic E-state index is 0.0583. The van der Waals surface area contributed by atoms with Crippen LogP contribution in [0.15, 0.2) is 18.2 Å². The summed E-state index contributed by atoms with van der Waals surface area (Å²) in [6, 6.07) is 6.89. The number of nitrogens with one attached hydrogen (secondary N) is 1. The third-order valence-electron chi connectivity index (χ3n) is 5.43. The summed E-state index contributed by atoms with van der Waals surface area (Å²) in [5.41, 5.74) is 3.59. The molecule has 1 aromatic rings. The molecular weight excluding hydrogens is 248 g/mol. The van der Waals surface area contributed by atoms with Gasteiger partial charge < -0.3 is 10.2 Å². The van der Waals surface area contributed by atoms with Crippen LogP contribution in [0.3, 0.4) is 0 Å². The van der Waals surface area contributed by atoms with Crippen LogP contribution in [0.1, 0.15) is 44.1 Å². The van der Waals surface area contributed by atoms with E-state index in [0.29, 0.717) is 6.04 Å². The number of nitrogens with zero attached hydrogens (tertiary/aromatic N) is 1. The van der Waals surface area contributed by atoms with Crippen LogP contribution in [0.4, 0.5) is 11.4 Å². The van der Waals surface area contributed by atoms with E-state index in [2.05, 4.69) is 23.2 Å². The van der Waals surface area contributed by atoms with Crippen molar-refractivity contribution in [2.45, 2.75) is 57.5 Å². The number of para-hydroxylation sites is 1. The number of fused-ring (bicyclic) bond motifs is 5. The first-order valence-corrected chi connectivity index (χ1v) is 7.94. The first-order chi connectivity index (χ1) is 9.75. The molecule has 3 nitrogen and oxygen atoms in total. The fourth-order valence-corrected chi connectivity index (χ4v) is 4.53. The molecule has 3 unspecified atom stereocenters. The summed E-state index contributed by atoms with van der Waals surface area (Å²) in [6.45, 7) is 2.17. The lowest BCUT2D eigenvalue weighted by Crippen LogP contribution is -2.59. The zero-order valence-corrected chi connectivity index (χ0v) is 12.1. The van der Waals surface area contributed by atoms with Crippen LogP contribution in [-0.2, 0) is 4.79 Å². The maximum atomic E-state index is 12.4. The maximum absolute atomic E-state index is 12.4. The highest BCUT2D eigenvalue weighted by molar-refractivity contribution is 6.04. The number of rotatable bonds is 0. The number of hydrogen-bond donors (Lipinski definition) is 1. The summed E-state index contributed by atoms with van der Waals surface area (Å²) in [5.74, 6) is 0.991. The van der Waals surface area contributed by atoms with Gasteiger partial charge >= 0.3 is 0 Å². The number of carbonyl (C=O) groups is 1. The third-order valence-corrected chi connectivity index (χ3v) is 5.43. The van der Waals surface area contributed by atoms with Gasteiger partial charge in [-0.05, 0) is 50.2 Å². The normalized spacial score (nSPS) is 31.9. The van der Waals surface area contributed by atoms with E-state index < -0.39 is 0 Å². The molecule has 2 heterocycles. The van der Waals surface area contributed by atoms with E-state index in [1.807, 2.05) is 12.1 Å². The summed E-state index contributed by atoms with van der Waals surface area (Å²) >= 11 is 0. The van der Waals surface area contributed by atoms with Crippen molar-refractivity contribution in [2.75, 3.05) is 10.2 Å². The van der Waals surface area contributed by atoms with Crippen LogP contribution in [0.25, 0.3) is 0 Å². The first-order valence-electron chi connectivity index (χ1n) is 7.94. The molecule has 0 radical (unpaired) electrons. The molecule has 3 atom stereocenters. The first kappa shape index (κ1) is 12.2. The predicted octanol–water partition coefficient (Wildman–Crippen LogP) is 3.47. The Morgan fingerprint density at radius 3 is 2.90 bits per heavy atom. The Kier molecular flexibility index (Phi) is 2.76. The van der Waals surface area contributed by atoms with Gasteiger partial charge in [-0.1, -0.05) is 25.0 Å². The van der Waals surface area contributed by atoms with E-state index in [0.717, 1.165) is 18.0 Å². The Bertz CT molecular complexity index is 554. The molecule has 1 amide bonds. The molecule has 3 aliphatic rings. The second kappa shape index (κ2) is 4.51. The van der Waals surface area contributed by atoms with E-state index in [1.165, 1.54) is 43.4 Å². The Morgan fingerprint density at radius 2 is 2.00 bits per heavy atom. The minimum Gasteiger partial charge on any atom is -0.354 e. The summed E-state index contributed by atoms with van der Waals surface area (Å²) in [5, 5.41) is 3.11. The van der Waals surface area contributed by atoms with Crippen molar-refractivity contribution in [3.63, 3.8) is 0 Å². The van der Waals surface area contributed by atoms with Gasteiger partial charge in [-0.3, -0.25) is 4.79 Å². The van der Waals surface area contributed by atoms with E-state index in [-0.39, 0.29) is 11.9 Å². The number of benzene rings is 1. The van der Waals surface area contributed by atoms with Gasteiger partial charge in [-0.2, -0.15) is 0 Å². The van der Waals surface area contributed by atoms with Crippen LogP contribution in [0, 0.1) is 12.8 Å². The van der Waals surface area contributed by atoms with Crippen molar-refractivity contribution < 1.29 is 4.79 Å². The predicted molar refractivity (Wildman–Crippen MR) is 81.1 cm³/mol. The smallest absolute Gasteiger partial charge is 0.247 e. The van der Waals surface area contributed by atoms with E-state index in [4.69, 9.17) is 0 Å². The molecule has 106 valence electrons. The Hall–Kier alpha value is -1.51. The number of hydrogen-bond acceptors (Lipinski definition) is 2. The SMILES string of the molecule is Cc1cccc2c1N1C(CCC3CCCCC31)C(=O)N2. The van der Waals surface area contributed by atoms with Crippen LogP contribution < -0.4 is 10.2 Å². The largest absolute Gasteiger partial charge is 0.354 e. The van der Waals surface area contributed by atoms with Gasteiger partial charge in [-0.25, -0.2) is 0 Å². The number of amides is 1. The molecule has 1 aromatic carbocycles.